The van der Waals surface area contributed by atoms with E-state index in [-0.39, 0.29) is 12.0 Å². The van der Waals surface area contributed by atoms with Gasteiger partial charge in [0.25, 0.3) is 0 Å². The van der Waals surface area contributed by atoms with Gasteiger partial charge in [0.15, 0.2) is 5.82 Å². The summed E-state index contributed by atoms with van der Waals surface area (Å²) in [5, 5.41) is 7.57. The Balaban J connectivity index is 2.19. The van der Waals surface area contributed by atoms with E-state index in [0.29, 0.717) is 12.0 Å². The van der Waals surface area contributed by atoms with Gasteiger partial charge in [0.2, 0.25) is 5.89 Å². The summed E-state index contributed by atoms with van der Waals surface area (Å²) in [6, 6.07) is 0.531. The first-order valence-corrected chi connectivity index (χ1v) is 7.83. The first kappa shape index (κ1) is 16.4. The zero-order valence-electron chi connectivity index (χ0n) is 14.1. The van der Waals surface area contributed by atoms with Crippen LogP contribution in [0.15, 0.2) is 4.52 Å². The molecule has 0 aliphatic carbocycles. The van der Waals surface area contributed by atoms with Crippen molar-refractivity contribution in [2.24, 2.45) is 5.92 Å². The summed E-state index contributed by atoms with van der Waals surface area (Å²) < 4.78 is 5.60. The number of hydrogen-bond donors (Lipinski definition) is 1. The third kappa shape index (κ3) is 3.62. The fourth-order valence-electron chi connectivity index (χ4n) is 3.06. The summed E-state index contributed by atoms with van der Waals surface area (Å²) in [7, 11) is 6.24. The van der Waals surface area contributed by atoms with Crippen LogP contribution in [0.25, 0.3) is 0 Å². The van der Waals surface area contributed by atoms with Crippen LogP contribution in [0.4, 0.5) is 0 Å². The molecule has 6 heteroatoms. The van der Waals surface area contributed by atoms with Crippen molar-refractivity contribution in [1.82, 2.24) is 25.3 Å². The fourth-order valence-corrected chi connectivity index (χ4v) is 3.06. The lowest BCUT2D eigenvalue weighted by molar-refractivity contribution is 0.108. The molecule has 1 saturated heterocycles. The Labute approximate surface area is 127 Å². The lowest BCUT2D eigenvalue weighted by Gasteiger charge is -2.35. The number of likely N-dealkylation sites (N-methyl/N-ethyl adjacent to an activating group) is 3. The second kappa shape index (κ2) is 6.85. The molecule has 0 saturated carbocycles. The predicted octanol–water partition coefficient (Wildman–Crippen LogP) is 1.34. The van der Waals surface area contributed by atoms with Crippen molar-refractivity contribution in [1.29, 1.82) is 0 Å². The van der Waals surface area contributed by atoms with E-state index in [2.05, 4.69) is 55.1 Å². The molecule has 3 unspecified atom stereocenters. The van der Waals surface area contributed by atoms with Crippen LogP contribution in [0.3, 0.4) is 0 Å². The summed E-state index contributed by atoms with van der Waals surface area (Å²) in [6.45, 7) is 9.62. The Bertz CT molecular complexity index is 447. The van der Waals surface area contributed by atoms with E-state index in [1.807, 2.05) is 7.05 Å². The maximum atomic E-state index is 5.60. The zero-order valence-corrected chi connectivity index (χ0v) is 14.1. The smallest absolute Gasteiger partial charge is 0.231 e. The predicted molar refractivity (Wildman–Crippen MR) is 83.3 cm³/mol. The van der Waals surface area contributed by atoms with Gasteiger partial charge in [-0.25, -0.2) is 0 Å². The van der Waals surface area contributed by atoms with E-state index in [4.69, 9.17) is 9.51 Å². The molecule has 2 heterocycles. The Kier molecular flexibility index (Phi) is 5.35. The van der Waals surface area contributed by atoms with Crippen molar-refractivity contribution in [2.45, 2.75) is 38.8 Å². The second-order valence-electron chi connectivity index (χ2n) is 6.60. The third-order valence-electron chi connectivity index (χ3n) is 4.60. The standard InChI is InChI=1S/C15H29N5O/c1-10(2)13(11(3)16-4)15-17-14(18-21-15)12-9-19(5)7-8-20(12)6/h10-13,16H,7-9H2,1-6H3. The summed E-state index contributed by atoms with van der Waals surface area (Å²) in [5.74, 6) is 2.26. The van der Waals surface area contributed by atoms with E-state index in [0.717, 1.165) is 31.3 Å². The van der Waals surface area contributed by atoms with Crippen molar-refractivity contribution in [3.63, 3.8) is 0 Å². The maximum Gasteiger partial charge on any atom is 0.231 e. The SMILES string of the molecule is CNC(C)C(c1nc(C2CN(C)CCN2C)no1)C(C)C. The highest BCUT2D eigenvalue weighted by Crippen LogP contribution is 2.29. The quantitative estimate of drug-likeness (QED) is 0.884. The molecule has 1 aliphatic rings. The van der Waals surface area contributed by atoms with Crippen molar-refractivity contribution < 1.29 is 4.52 Å². The summed E-state index contributed by atoms with van der Waals surface area (Å²) in [5.41, 5.74) is 0. The molecular weight excluding hydrogens is 266 g/mol. The average Bonchev–Trinajstić information content (AvgIpc) is 2.90. The lowest BCUT2D eigenvalue weighted by atomic mass is 9.89. The molecule has 0 spiro atoms. The maximum absolute atomic E-state index is 5.60. The first-order valence-electron chi connectivity index (χ1n) is 7.83. The Morgan fingerprint density at radius 1 is 1.24 bits per heavy atom. The van der Waals surface area contributed by atoms with Gasteiger partial charge in [0.05, 0.1) is 12.0 Å². The van der Waals surface area contributed by atoms with Crippen LogP contribution in [-0.4, -0.2) is 66.8 Å². The summed E-state index contributed by atoms with van der Waals surface area (Å²) >= 11 is 0. The zero-order chi connectivity index (χ0) is 15.6. The van der Waals surface area contributed by atoms with Gasteiger partial charge in [-0.1, -0.05) is 19.0 Å². The van der Waals surface area contributed by atoms with Gasteiger partial charge in [-0.15, -0.1) is 0 Å². The van der Waals surface area contributed by atoms with E-state index >= 15 is 0 Å². The van der Waals surface area contributed by atoms with Crippen LogP contribution >= 0.6 is 0 Å². The normalized spacial score (nSPS) is 24.4. The van der Waals surface area contributed by atoms with Crippen molar-refractivity contribution in [3.05, 3.63) is 11.7 Å². The number of nitrogens with zero attached hydrogens (tertiary/aromatic N) is 4. The average molecular weight is 295 g/mol. The minimum Gasteiger partial charge on any atom is -0.339 e. The number of nitrogens with one attached hydrogen (secondary N) is 1. The van der Waals surface area contributed by atoms with E-state index < -0.39 is 0 Å². The highest BCUT2D eigenvalue weighted by atomic mass is 16.5. The van der Waals surface area contributed by atoms with Gasteiger partial charge in [-0.05, 0) is 34.0 Å². The van der Waals surface area contributed by atoms with Gasteiger partial charge in [-0.3, -0.25) is 4.90 Å². The molecule has 120 valence electrons. The Hall–Kier alpha value is -0.980. The van der Waals surface area contributed by atoms with Gasteiger partial charge in [0.1, 0.15) is 0 Å². The molecule has 0 amide bonds. The van der Waals surface area contributed by atoms with Gasteiger partial charge >= 0.3 is 0 Å². The van der Waals surface area contributed by atoms with Gasteiger partial charge in [-0.2, -0.15) is 4.98 Å². The molecule has 1 aliphatic heterocycles. The Morgan fingerprint density at radius 2 is 1.95 bits per heavy atom. The van der Waals surface area contributed by atoms with Gasteiger partial charge in [0, 0.05) is 25.7 Å². The highest BCUT2D eigenvalue weighted by molar-refractivity contribution is 5.04. The molecule has 0 bridgehead atoms. The molecule has 1 fully saturated rings. The molecule has 1 N–H and O–H groups in total. The molecule has 2 rings (SSSR count). The molecular formula is C15H29N5O. The molecule has 21 heavy (non-hydrogen) atoms. The van der Waals surface area contributed by atoms with Crippen molar-refractivity contribution >= 4 is 0 Å². The van der Waals surface area contributed by atoms with Crippen LogP contribution in [0.5, 0.6) is 0 Å². The molecule has 3 atom stereocenters. The Morgan fingerprint density at radius 3 is 2.57 bits per heavy atom. The van der Waals surface area contributed by atoms with E-state index in [9.17, 15) is 0 Å². The molecule has 1 aromatic heterocycles. The molecule has 0 radical (unpaired) electrons. The molecule has 0 aromatic carbocycles. The number of piperazine rings is 1. The second-order valence-corrected chi connectivity index (χ2v) is 6.60. The van der Waals surface area contributed by atoms with E-state index in [1.54, 1.807) is 0 Å². The van der Waals surface area contributed by atoms with Crippen LogP contribution in [0, 0.1) is 5.92 Å². The number of hydrogen-bond acceptors (Lipinski definition) is 6. The van der Waals surface area contributed by atoms with Crippen molar-refractivity contribution in [2.75, 3.05) is 40.8 Å². The topological polar surface area (TPSA) is 57.4 Å². The fraction of sp³-hybridized carbons (Fsp3) is 0.867. The summed E-state index contributed by atoms with van der Waals surface area (Å²) in [4.78, 5) is 9.35. The van der Waals surface area contributed by atoms with Crippen molar-refractivity contribution in [3.8, 4) is 0 Å². The number of rotatable bonds is 5. The lowest BCUT2D eigenvalue weighted by Crippen LogP contribution is -2.45. The molecule has 1 aromatic rings. The monoisotopic (exact) mass is 295 g/mol. The third-order valence-corrected chi connectivity index (χ3v) is 4.60. The largest absolute Gasteiger partial charge is 0.339 e. The first-order chi connectivity index (χ1) is 9.93. The van der Waals surface area contributed by atoms with Crippen LogP contribution < -0.4 is 5.32 Å². The minimum atomic E-state index is 0.221. The van der Waals surface area contributed by atoms with E-state index in [1.165, 1.54) is 0 Å². The van der Waals surface area contributed by atoms with Crippen LogP contribution in [0.1, 0.15) is 44.4 Å². The van der Waals surface area contributed by atoms with Crippen LogP contribution in [0.2, 0.25) is 0 Å². The van der Waals surface area contributed by atoms with Gasteiger partial charge < -0.3 is 14.7 Å². The van der Waals surface area contributed by atoms with Crippen LogP contribution in [-0.2, 0) is 0 Å². The molecule has 6 nitrogen and oxygen atoms in total. The summed E-state index contributed by atoms with van der Waals surface area (Å²) in [6.07, 6.45) is 0. The minimum absolute atomic E-state index is 0.221. The highest BCUT2D eigenvalue weighted by Gasteiger charge is 2.31. The number of aromatic nitrogens is 2.